The molecule has 2 nitrogen and oxygen atoms in total. The fourth-order valence-corrected chi connectivity index (χ4v) is 10.2. The van der Waals surface area contributed by atoms with Crippen molar-refractivity contribution in [1.82, 2.24) is 4.57 Å². The summed E-state index contributed by atoms with van der Waals surface area (Å²) in [6.45, 7) is 4.74. The van der Waals surface area contributed by atoms with Gasteiger partial charge in [0.25, 0.3) is 0 Å². The fraction of sp³-hybridized carbons (Fsp3) is 0.0492. The Morgan fingerprint density at radius 2 is 0.841 bits per heavy atom. The number of nitrogens with zero attached hydrogens (tertiary/aromatic N) is 2. The average Bonchev–Trinajstić information content (AvgIpc) is 3.80. The molecule has 0 atom stereocenters. The van der Waals surface area contributed by atoms with Crippen molar-refractivity contribution in [3.8, 4) is 50.2 Å². The third-order valence-corrected chi connectivity index (χ3v) is 13.4. The van der Waals surface area contributed by atoms with E-state index in [0.717, 1.165) is 17.1 Å². The monoisotopic (exact) mass is 804 g/mol. The minimum atomic E-state index is -0.148. The highest BCUT2D eigenvalue weighted by Crippen LogP contribution is 2.52. The normalized spacial score (nSPS) is 12.7. The van der Waals surface area contributed by atoms with Gasteiger partial charge < -0.3 is 9.47 Å². The van der Waals surface area contributed by atoms with Gasteiger partial charge in [0.1, 0.15) is 0 Å². The molecular weight excluding hydrogens is 761 g/mol. The van der Waals surface area contributed by atoms with Gasteiger partial charge in [-0.15, -0.1) is 0 Å². The second-order valence-corrected chi connectivity index (χ2v) is 17.4. The molecule has 0 amide bonds. The van der Waals surface area contributed by atoms with Gasteiger partial charge in [-0.25, -0.2) is 0 Å². The highest BCUT2D eigenvalue weighted by molar-refractivity contribution is 6.22. The Hall–Kier alpha value is -7.94. The number of rotatable bonds is 7. The molecule has 0 aliphatic heterocycles. The lowest BCUT2D eigenvalue weighted by Gasteiger charge is -2.28. The van der Waals surface area contributed by atoms with Gasteiger partial charge >= 0.3 is 0 Å². The minimum absolute atomic E-state index is 0.148. The fourth-order valence-electron chi connectivity index (χ4n) is 10.2. The summed E-state index contributed by atoms with van der Waals surface area (Å²) in [6.07, 6.45) is 0. The molecule has 298 valence electrons. The van der Waals surface area contributed by atoms with Gasteiger partial charge in [-0.1, -0.05) is 172 Å². The van der Waals surface area contributed by atoms with Gasteiger partial charge in [-0.3, -0.25) is 0 Å². The van der Waals surface area contributed by atoms with Crippen LogP contribution >= 0.6 is 0 Å². The van der Waals surface area contributed by atoms with Crippen LogP contribution in [0.4, 0.5) is 17.1 Å². The Morgan fingerprint density at radius 3 is 1.57 bits per heavy atom. The zero-order valence-electron chi connectivity index (χ0n) is 35.3. The van der Waals surface area contributed by atoms with Crippen LogP contribution in [0.15, 0.2) is 231 Å². The lowest BCUT2D eigenvalue weighted by atomic mass is 9.81. The molecule has 0 spiro atoms. The van der Waals surface area contributed by atoms with Crippen molar-refractivity contribution in [2.45, 2.75) is 19.3 Å². The zero-order valence-corrected chi connectivity index (χ0v) is 35.3. The van der Waals surface area contributed by atoms with E-state index in [1.807, 2.05) is 0 Å². The van der Waals surface area contributed by atoms with Crippen LogP contribution in [-0.2, 0) is 5.41 Å². The van der Waals surface area contributed by atoms with E-state index in [2.05, 4.69) is 254 Å². The third-order valence-electron chi connectivity index (χ3n) is 13.4. The Balaban J connectivity index is 0.874. The van der Waals surface area contributed by atoms with E-state index in [4.69, 9.17) is 0 Å². The Labute approximate surface area is 368 Å². The van der Waals surface area contributed by atoms with Crippen molar-refractivity contribution in [2.75, 3.05) is 4.90 Å². The second-order valence-electron chi connectivity index (χ2n) is 17.4. The predicted molar refractivity (Wildman–Crippen MR) is 267 cm³/mol. The van der Waals surface area contributed by atoms with Gasteiger partial charge in [-0.2, -0.15) is 0 Å². The molecular formula is C61H44N2. The summed E-state index contributed by atoms with van der Waals surface area (Å²) in [7, 11) is 0. The topological polar surface area (TPSA) is 8.17 Å². The Bertz CT molecular complexity index is 3490. The highest BCUT2D eigenvalue weighted by atomic mass is 15.1. The number of hydrogen-bond donors (Lipinski definition) is 0. The van der Waals surface area contributed by atoms with E-state index in [0.29, 0.717) is 0 Å². The predicted octanol–water partition coefficient (Wildman–Crippen LogP) is 16.7. The molecule has 0 saturated carbocycles. The molecule has 0 bridgehead atoms. The maximum Gasteiger partial charge on any atom is 0.0547 e. The quantitative estimate of drug-likeness (QED) is 0.156. The molecule has 0 N–H and O–H groups in total. The standard InChI is InChI=1S/C61H44N2/c1-61(2)56-39-47(41-14-6-3-7-15-41)28-34-53(56)54-35-33-51(40-57(54)61)62(48-17-8-4-9-18-48)50-31-26-43(27-32-50)42-22-24-44(25-23-42)46-30-36-58-55(38-46)60-52-21-13-12-16-45(52)29-37-59(60)63(58)49-19-10-5-11-20-49/h3-40H,1-2H3. The summed E-state index contributed by atoms with van der Waals surface area (Å²) >= 11 is 0. The molecule has 0 unspecified atom stereocenters. The van der Waals surface area contributed by atoms with Crippen LogP contribution in [-0.4, -0.2) is 4.57 Å². The van der Waals surface area contributed by atoms with Crippen molar-refractivity contribution in [2.24, 2.45) is 0 Å². The van der Waals surface area contributed by atoms with Gasteiger partial charge in [0.15, 0.2) is 0 Å². The van der Waals surface area contributed by atoms with E-state index in [9.17, 15) is 0 Å². The Kier molecular flexibility index (Phi) is 8.55. The molecule has 10 aromatic carbocycles. The minimum Gasteiger partial charge on any atom is -0.310 e. The number of para-hydroxylation sites is 2. The zero-order chi connectivity index (χ0) is 42.1. The first kappa shape index (κ1) is 36.9. The van der Waals surface area contributed by atoms with Gasteiger partial charge in [0, 0.05) is 38.9 Å². The lowest BCUT2D eigenvalue weighted by molar-refractivity contribution is 0.660. The second kappa shape index (κ2) is 14.6. The average molecular weight is 805 g/mol. The third kappa shape index (κ3) is 6.09. The summed E-state index contributed by atoms with van der Waals surface area (Å²) in [6, 6.07) is 84.4. The first-order valence-electron chi connectivity index (χ1n) is 21.9. The molecule has 2 heteroatoms. The van der Waals surface area contributed by atoms with Crippen LogP contribution in [0.2, 0.25) is 0 Å². The molecule has 0 fully saturated rings. The van der Waals surface area contributed by atoms with Crippen molar-refractivity contribution in [1.29, 1.82) is 0 Å². The SMILES string of the molecule is CC1(C)c2cc(-c3ccccc3)ccc2-c2ccc(N(c3ccccc3)c3ccc(-c4ccc(-c5ccc6c(c5)c5c7ccccc7ccc5n6-c5ccccc5)cc4)cc3)cc21. The smallest absolute Gasteiger partial charge is 0.0547 e. The van der Waals surface area contributed by atoms with E-state index in [1.54, 1.807) is 0 Å². The molecule has 11 aromatic rings. The van der Waals surface area contributed by atoms with Crippen LogP contribution < -0.4 is 4.90 Å². The number of hydrogen-bond acceptors (Lipinski definition) is 1. The lowest BCUT2D eigenvalue weighted by Crippen LogP contribution is -2.16. The first-order valence-corrected chi connectivity index (χ1v) is 21.9. The van der Waals surface area contributed by atoms with Gasteiger partial charge in [0.05, 0.1) is 11.0 Å². The number of fused-ring (bicyclic) bond motifs is 8. The molecule has 1 aliphatic carbocycles. The maximum absolute atomic E-state index is 2.41. The number of anilines is 3. The summed E-state index contributed by atoms with van der Waals surface area (Å²) in [5.74, 6) is 0. The van der Waals surface area contributed by atoms with Crippen molar-refractivity contribution >= 4 is 49.6 Å². The van der Waals surface area contributed by atoms with Crippen LogP contribution in [0.5, 0.6) is 0 Å². The molecule has 1 aliphatic rings. The first-order chi connectivity index (χ1) is 31.0. The van der Waals surface area contributed by atoms with Gasteiger partial charge in [-0.05, 0) is 139 Å². The van der Waals surface area contributed by atoms with Crippen molar-refractivity contribution in [3.05, 3.63) is 242 Å². The van der Waals surface area contributed by atoms with Crippen molar-refractivity contribution in [3.63, 3.8) is 0 Å². The van der Waals surface area contributed by atoms with E-state index in [-0.39, 0.29) is 5.41 Å². The molecule has 1 heterocycles. The molecule has 0 radical (unpaired) electrons. The largest absolute Gasteiger partial charge is 0.310 e. The summed E-state index contributed by atoms with van der Waals surface area (Å²) in [4.78, 5) is 2.38. The molecule has 0 saturated heterocycles. The van der Waals surface area contributed by atoms with Crippen LogP contribution in [0.25, 0.3) is 82.8 Å². The van der Waals surface area contributed by atoms with E-state index in [1.165, 1.54) is 93.9 Å². The van der Waals surface area contributed by atoms with E-state index >= 15 is 0 Å². The van der Waals surface area contributed by atoms with Crippen LogP contribution in [0.3, 0.4) is 0 Å². The molecule has 63 heavy (non-hydrogen) atoms. The molecule has 1 aromatic heterocycles. The molecule has 12 rings (SSSR count). The number of aromatic nitrogens is 1. The van der Waals surface area contributed by atoms with Gasteiger partial charge in [0.2, 0.25) is 0 Å². The Morgan fingerprint density at radius 1 is 0.349 bits per heavy atom. The summed E-state index contributed by atoms with van der Waals surface area (Å²) < 4.78 is 2.40. The number of benzene rings is 10. The highest BCUT2D eigenvalue weighted by Gasteiger charge is 2.36. The summed E-state index contributed by atoms with van der Waals surface area (Å²) in [5.41, 5.74) is 19.5. The van der Waals surface area contributed by atoms with E-state index < -0.39 is 0 Å². The maximum atomic E-state index is 2.41. The van der Waals surface area contributed by atoms with Crippen LogP contribution in [0, 0.1) is 0 Å². The van der Waals surface area contributed by atoms with Crippen molar-refractivity contribution < 1.29 is 0 Å². The summed E-state index contributed by atoms with van der Waals surface area (Å²) in [5, 5.41) is 5.09. The van der Waals surface area contributed by atoms with Crippen LogP contribution in [0.1, 0.15) is 25.0 Å².